The Hall–Kier alpha value is -13.3. The molecule has 0 unspecified atom stereocenters. The predicted octanol–water partition coefficient (Wildman–Crippen LogP) is 15.7. The number of terminal acetylenes is 1. The molecule has 0 atom stereocenters. The molecule has 7 aromatic carbocycles. The van der Waals surface area contributed by atoms with E-state index in [4.69, 9.17) is 60.6 Å². The number of halogens is 8. The number of aromatic nitrogens is 10. The average molecular weight is 1970 g/mol. The van der Waals surface area contributed by atoms with Crippen molar-refractivity contribution in [2.45, 2.75) is 130 Å². The summed E-state index contributed by atoms with van der Waals surface area (Å²) in [6.45, 7) is 0.553. The third-order valence-corrected chi connectivity index (χ3v) is 21.0. The Balaban J connectivity index is 0.000000185. The fourth-order valence-corrected chi connectivity index (χ4v) is 13.3. The maximum Gasteiger partial charge on any atom is 0.498 e. The number of methoxy groups -OCH3 is 3. The highest BCUT2D eigenvalue weighted by atomic mass is 79.9. The largest absolute Gasteiger partial charge is 0.498 e. The standard InChI is InChI=1S/C23H21F2N5O3.C22H23F2N5O5.C12H12BrF2NO3.C10H17BN2O2.C10H12N4O2.C6H7BrN2O2.C3H4.CH4/c1-29-11-14(10-27-29)13-3-6-18-17(7-13)26-12-30(18)16-8-19(32-2)21(20(9-16)33-23(24)25)22(31)28-15-4-5-15;1-28-11-13(10-25-28)12-3-6-16(17(7-12)29(31)32)26-15-8-18(33-2)20(19(9-15)34-22(23)24)21(30)27-14-4-5-14;1-18-8-4-6(13)5-9(19-12(14)15)10(8)11(17)16-7-2-3-7;1-9(2)10(3,4)15-11(14-9)8-6-12-13(5)7-8;1-13-6-8(5-12-13)7-2-3-9(11)10(4-7)14(15)16;7-4-1-2-5(8)6(3-4)9(10)11;1-3-2;/h3,6-12,15,23H,4-5H2,1-2H3,(H,28,31);3,6-11,14,22,26,31-32H,4-5H2,1-2H3,(H,27,30);4-5,7,12H,2-3H2,1H3,(H,16,17);6-7H,1-5H3;2-6,15-16H,11H2,1H3;1-3,10-11H,8H2;1H,2H3;1H4. The van der Waals surface area contributed by atoms with Crippen LogP contribution < -0.4 is 82.3 Å². The van der Waals surface area contributed by atoms with Crippen LogP contribution in [0.2, 0.25) is 0 Å². The molecule has 6 heterocycles. The van der Waals surface area contributed by atoms with E-state index in [1.165, 1.54) is 63.8 Å². The van der Waals surface area contributed by atoms with Crippen LogP contribution in [0.4, 0.5) is 66.2 Å². The lowest BCUT2D eigenvalue weighted by Gasteiger charge is -2.32. The van der Waals surface area contributed by atoms with E-state index in [0.29, 0.717) is 26.9 Å². The molecule has 1 saturated heterocycles. The van der Waals surface area contributed by atoms with Crippen LogP contribution in [0.5, 0.6) is 34.5 Å². The maximum absolute atomic E-state index is 13.2. The van der Waals surface area contributed by atoms with Gasteiger partial charge in [0.1, 0.15) is 74.6 Å². The first kappa shape index (κ1) is 102. The molecule has 12 aromatic rings. The molecule has 0 radical (unpaired) electrons. The van der Waals surface area contributed by atoms with Gasteiger partial charge in [0.2, 0.25) is 0 Å². The van der Waals surface area contributed by atoms with Gasteiger partial charge in [-0.05, 0) is 157 Å². The average Bonchev–Trinajstić information content (AvgIpc) is 1.76. The summed E-state index contributed by atoms with van der Waals surface area (Å²) in [6.07, 6.45) is 25.6. The molecule has 3 saturated carbocycles. The molecule has 3 aliphatic carbocycles. The Bertz CT molecular complexity index is 5990. The normalized spacial score (nSPS) is 13.6. The number of carbonyl (C=O) groups excluding carboxylic acids is 3. The van der Waals surface area contributed by atoms with Gasteiger partial charge in [-0.1, -0.05) is 57.5 Å². The molecule has 1 aliphatic heterocycles. The fourth-order valence-electron chi connectivity index (χ4n) is 12.5. The Morgan fingerprint density at radius 1 is 0.508 bits per heavy atom. The number of nitrogens with two attached hydrogens (primary N) is 2. The second kappa shape index (κ2) is 45.5. The Labute approximate surface area is 771 Å². The third kappa shape index (κ3) is 27.7. The van der Waals surface area contributed by atoms with Gasteiger partial charge in [-0.2, -0.15) is 46.7 Å². The summed E-state index contributed by atoms with van der Waals surface area (Å²) in [5, 5.41) is 82.2. The van der Waals surface area contributed by atoms with Gasteiger partial charge < -0.3 is 70.5 Å². The highest BCUT2D eigenvalue weighted by Crippen LogP contribution is 2.43. The highest BCUT2D eigenvalue weighted by Gasteiger charge is 2.52. The van der Waals surface area contributed by atoms with Crippen molar-refractivity contribution in [1.82, 2.24) is 64.6 Å². The topological polar surface area (TPSA) is 445 Å². The number of nitrogens with zero attached hydrogens (tertiary/aromatic N) is 13. The Morgan fingerprint density at radius 3 is 1.28 bits per heavy atom. The van der Waals surface area contributed by atoms with Crippen LogP contribution in [0.15, 0.2) is 174 Å². The van der Waals surface area contributed by atoms with Gasteiger partial charge in [0.05, 0.1) is 84.9 Å². The van der Waals surface area contributed by atoms with E-state index in [0.717, 1.165) is 81.8 Å². The number of anilines is 7. The Morgan fingerprint density at radius 2 is 0.871 bits per heavy atom. The molecule has 3 amide bonds. The summed E-state index contributed by atoms with van der Waals surface area (Å²) >= 11 is 6.31. The first-order chi connectivity index (χ1) is 62.1. The van der Waals surface area contributed by atoms with Gasteiger partial charge in [0, 0.05) is 138 Å². The van der Waals surface area contributed by atoms with Gasteiger partial charge in [-0.15, -0.1) is 28.0 Å². The van der Waals surface area contributed by atoms with Gasteiger partial charge in [0.15, 0.2) is 0 Å². The molecular weight excluding hydrogens is 1870 g/mol. The second-order valence-electron chi connectivity index (χ2n) is 30.5. The van der Waals surface area contributed by atoms with Crippen LogP contribution in [0, 0.1) is 12.3 Å². The number of nitrogens with one attached hydrogen (secondary N) is 4. The van der Waals surface area contributed by atoms with Crippen molar-refractivity contribution in [3.63, 3.8) is 0 Å². The van der Waals surface area contributed by atoms with Crippen LogP contribution >= 0.6 is 31.9 Å². The fraction of sp³-hybridized carbons (Fsp3) is 0.310. The minimum absolute atomic E-state index is 0. The summed E-state index contributed by atoms with van der Waals surface area (Å²) < 4.78 is 128. The van der Waals surface area contributed by atoms with E-state index < -0.39 is 37.6 Å². The molecule has 36 nitrogen and oxygen atoms in total. The maximum atomic E-state index is 13.2. The zero-order valence-electron chi connectivity index (χ0n) is 72.6. The first-order valence-electron chi connectivity index (χ1n) is 39.7. The lowest BCUT2D eigenvalue weighted by atomic mass is 9.82. The van der Waals surface area contributed by atoms with E-state index >= 15 is 0 Å². The summed E-state index contributed by atoms with van der Waals surface area (Å²) in [4.78, 5) is 41.9. The number of benzene rings is 7. The number of amides is 3. The summed E-state index contributed by atoms with van der Waals surface area (Å²) in [7, 11) is 11.0. The number of aryl methyl sites for hydroxylation is 4. The van der Waals surface area contributed by atoms with Crippen molar-refractivity contribution in [2.24, 2.45) is 28.2 Å². The van der Waals surface area contributed by atoms with Crippen molar-refractivity contribution in [3.05, 3.63) is 191 Å². The van der Waals surface area contributed by atoms with Gasteiger partial charge >= 0.3 is 27.0 Å². The molecule has 4 fully saturated rings. The smallest absolute Gasteiger partial charge is 0.496 e. The van der Waals surface area contributed by atoms with Gasteiger partial charge in [-0.25, -0.2) is 4.98 Å². The second-order valence-corrected chi connectivity index (χ2v) is 32.3. The lowest BCUT2D eigenvalue weighted by Crippen LogP contribution is -2.41. The molecule has 4 aliphatic rings. The van der Waals surface area contributed by atoms with Crippen LogP contribution in [0.25, 0.3) is 50.1 Å². The minimum atomic E-state index is -3.17. The monoisotopic (exact) mass is 1970 g/mol. The van der Waals surface area contributed by atoms with E-state index in [1.54, 1.807) is 123 Å². The molecule has 45 heteroatoms. The van der Waals surface area contributed by atoms with Crippen molar-refractivity contribution < 1.29 is 110 Å². The van der Waals surface area contributed by atoms with Crippen molar-refractivity contribution >= 4 is 113 Å². The van der Waals surface area contributed by atoms with Crippen LogP contribution in [0.3, 0.4) is 0 Å². The number of imidazole rings is 1. The predicted molar refractivity (Wildman–Crippen MR) is 487 cm³/mol. The number of hydrogen-bond donors (Lipinski definition) is 12. The van der Waals surface area contributed by atoms with Gasteiger partial charge in [-0.3, -0.25) is 68.9 Å². The minimum Gasteiger partial charge on any atom is -0.496 e. The van der Waals surface area contributed by atoms with Crippen molar-refractivity contribution in [1.29, 1.82) is 0 Å². The van der Waals surface area contributed by atoms with E-state index in [-0.39, 0.29) is 145 Å². The molecule has 132 heavy (non-hydrogen) atoms. The summed E-state index contributed by atoms with van der Waals surface area (Å²) in [5.74, 6) is 0.171. The number of alkyl halides is 6. The zero-order chi connectivity index (χ0) is 95.6. The summed E-state index contributed by atoms with van der Waals surface area (Å²) in [5.41, 5.74) is 19.4. The number of carbonyl (C=O) groups is 3. The molecule has 5 aromatic heterocycles. The summed E-state index contributed by atoms with van der Waals surface area (Å²) in [6, 6.07) is 28.9. The van der Waals surface area contributed by atoms with Crippen LogP contribution in [0.1, 0.15) is 112 Å². The quantitative estimate of drug-likeness (QED) is 0.00831. The zero-order valence-corrected chi connectivity index (χ0v) is 75.8. The van der Waals surface area contributed by atoms with Crippen molar-refractivity contribution in [3.8, 4) is 85.9 Å². The number of rotatable bonds is 25. The molecule has 16 rings (SSSR count). The number of fused-ring (bicyclic) bond motifs is 1. The number of nitrogen functional groups attached to an aromatic ring is 2. The number of ether oxygens (including phenoxy) is 6. The lowest BCUT2D eigenvalue weighted by molar-refractivity contribution is -0.0510. The molecule has 0 bridgehead atoms. The van der Waals surface area contributed by atoms with Crippen LogP contribution in [-0.2, 0) is 37.5 Å². The third-order valence-electron chi connectivity index (χ3n) is 20.0. The van der Waals surface area contributed by atoms with E-state index in [9.17, 15) is 51.1 Å². The molecule has 0 spiro atoms. The first-order valence-corrected chi connectivity index (χ1v) is 41.3. The van der Waals surface area contributed by atoms with Gasteiger partial charge in [0.25, 0.3) is 17.7 Å². The van der Waals surface area contributed by atoms with Crippen molar-refractivity contribution in [2.75, 3.05) is 53.8 Å². The van der Waals surface area contributed by atoms with E-state index in [1.807, 2.05) is 85.6 Å². The molecule has 14 N–H and O–H groups in total. The van der Waals surface area contributed by atoms with E-state index in [2.05, 4.69) is 100 Å². The SMILES string of the molecule is C.C#CC.COc1cc(-n2cnc3cc(-c4cnn(C)c4)ccc32)cc(OC(F)F)c1C(=O)NC1CC1.COc1cc(Br)cc(OC(F)F)c1C(=O)NC1CC1.COc1cc(Nc2ccc(-c3cnn(C)c3)cc2N(O)O)cc(OC(F)F)c1C(=O)NC1CC1.Cn1cc(-c2ccc(N)c(N(O)O)c2)cn1.Cn1cc(B2OC(C)(C)C(C)(C)O2)cn1.Nc1ccc(Br)cc1N(O)O. The molecular formula is C87H100BBr2F6N19O17. The number of hydrogen-bond acceptors (Lipinski definition) is 28. The molecule has 704 valence electrons. The highest BCUT2D eigenvalue weighted by molar-refractivity contribution is 9.10. The Kier molecular flexibility index (Phi) is 35.3. The van der Waals surface area contributed by atoms with Crippen LogP contribution in [-0.4, -0.2) is 175 Å².